The topological polar surface area (TPSA) is 296 Å². The third kappa shape index (κ3) is 78.1. The van der Waals surface area contributed by atoms with Crippen LogP contribution in [0.5, 0.6) is 0 Å². The summed E-state index contributed by atoms with van der Waals surface area (Å²) in [5.74, 6) is -6.51. The molecule has 0 saturated carbocycles. The van der Waals surface area contributed by atoms with Gasteiger partial charge in [0.1, 0.15) is 19.6 Å². The lowest BCUT2D eigenvalue weighted by atomic mass is 10.0. The van der Waals surface area contributed by atoms with Crippen molar-refractivity contribution in [3.63, 3.8) is 0 Å². The van der Waals surface area contributed by atoms with Crippen LogP contribution in [0.15, 0.2) is 0 Å². The third-order valence-electron chi connectivity index (χ3n) is 22.5. The van der Waals surface area contributed by atoms with Gasteiger partial charge in [-0.2, -0.15) is 0 Å². The predicted octanol–water partition coefficient (Wildman–Crippen LogP) is 19.8. The maximum atomic E-state index is 15.0. The van der Waals surface area contributed by atoms with Gasteiger partial charge in [0.2, 0.25) is 41.4 Å². The number of carboxylic acid groups (broad SMARTS) is 2. The number of carboxylic acids is 2. The number of unbranched alkanes of at least 4 members (excludes halogenated alkanes) is 60. The highest BCUT2D eigenvalue weighted by Gasteiger charge is 2.26. The number of carbonyl (C=O) groups is 10. The molecular weight excluding hydrogens is 1450 g/mol. The molecule has 0 unspecified atom stereocenters. The van der Waals surface area contributed by atoms with Crippen LogP contribution in [0.2, 0.25) is 0 Å². The normalized spacial score (nSPS) is 11.2. The zero-order chi connectivity index (χ0) is 84.2. The molecule has 0 heterocycles. The van der Waals surface area contributed by atoms with Crippen molar-refractivity contribution >= 4 is 59.3 Å². The maximum Gasteiger partial charge on any atom is 0.322 e. The van der Waals surface area contributed by atoms with Crippen LogP contribution >= 0.6 is 0 Å². The summed E-state index contributed by atoms with van der Waals surface area (Å²) in [6.45, 7) is 6.48. The molecule has 0 spiro atoms. The first-order valence-electron chi connectivity index (χ1n) is 48.1. The number of carbonyl (C=O) groups excluding carboxylic acids is 8. The van der Waals surface area contributed by atoms with Gasteiger partial charge in [-0.1, -0.05) is 413 Å². The van der Waals surface area contributed by atoms with E-state index in [1.807, 2.05) is 9.80 Å². The summed E-state index contributed by atoms with van der Waals surface area (Å²) in [7, 11) is 0. The highest BCUT2D eigenvalue weighted by Crippen LogP contribution is 2.20. The van der Waals surface area contributed by atoms with Gasteiger partial charge in [0.25, 0.3) is 0 Å². The van der Waals surface area contributed by atoms with E-state index in [1.54, 1.807) is 4.90 Å². The molecule has 0 rings (SSSR count). The third-order valence-corrected chi connectivity index (χ3v) is 22.5. The lowest BCUT2D eigenvalue weighted by Gasteiger charge is -2.31. The summed E-state index contributed by atoms with van der Waals surface area (Å²) in [5, 5.41) is 32.4. The average molecular weight is 1630 g/mol. The van der Waals surface area contributed by atoms with E-state index in [2.05, 4.69) is 59.6 Å². The zero-order valence-electron chi connectivity index (χ0n) is 74.6. The van der Waals surface area contributed by atoms with Crippen molar-refractivity contribution in [3.8, 4) is 0 Å². The monoisotopic (exact) mass is 1630 g/mol. The second-order valence-electron chi connectivity index (χ2n) is 33.4. The molecule has 9 amide bonds. The molecule has 0 aliphatic heterocycles. The molecule has 8 N–H and O–H groups in total. The van der Waals surface area contributed by atoms with E-state index < -0.39 is 86.8 Å². The molecule has 0 fully saturated rings. The van der Waals surface area contributed by atoms with E-state index >= 15 is 0 Å². The maximum absolute atomic E-state index is 15.0. The fourth-order valence-corrected chi connectivity index (χ4v) is 15.1. The number of aliphatic carboxylic acids is 2. The van der Waals surface area contributed by atoms with Crippen LogP contribution in [0.25, 0.3) is 0 Å². The van der Waals surface area contributed by atoms with E-state index in [1.165, 1.54) is 313 Å². The largest absolute Gasteiger partial charge is 0.480 e. The number of amides is 9. The Kier molecular flexibility index (Phi) is 80.8. The van der Waals surface area contributed by atoms with Gasteiger partial charge >= 0.3 is 18.0 Å². The van der Waals surface area contributed by atoms with Crippen molar-refractivity contribution in [3.05, 3.63) is 0 Å². The van der Waals surface area contributed by atoms with Crippen molar-refractivity contribution in [2.45, 2.75) is 439 Å². The van der Waals surface area contributed by atoms with Crippen LogP contribution in [-0.4, -0.2) is 187 Å². The van der Waals surface area contributed by atoms with Gasteiger partial charge in [-0.3, -0.25) is 48.1 Å². The molecule has 22 heteroatoms. The van der Waals surface area contributed by atoms with Gasteiger partial charge in [-0.25, -0.2) is 4.79 Å². The molecule has 115 heavy (non-hydrogen) atoms. The molecule has 0 radical (unpaired) electrons. The number of hydrogen-bond acceptors (Lipinski definition) is 11. The zero-order valence-corrected chi connectivity index (χ0v) is 74.6. The highest BCUT2D eigenvalue weighted by atomic mass is 16.4. The molecule has 0 bridgehead atoms. The lowest BCUT2D eigenvalue weighted by Crippen LogP contribution is -2.53. The molecule has 0 aromatic rings. The fourth-order valence-electron chi connectivity index (χ4n) is 15.1. The van der Waals surface area contributed by atoms with E-state index in [0.29, 0.717) is 26.2 Å². The molecule has 0 aromatic carbocycles. The summed E-state index contributed by atoms with van der Waals surface area (Å²) < 4.78 is 0. The Labute approximate surface area is 702 Å². The fraction of sp³-hybridized carbons (Fsp3) is 0.892. The van der Waals surface area contributed by atoms with Crippen molar-refractivity contribution < 1.29 is 58.2 Å². The first-order valence-corrected chi connectivity index (χ1v) is 48.1. The van der Waals surface area contributed by atoms with Crippen LogP contribution < -0.4 is 31.9 Å². The summed E-state index contributed by atoms with van der Waals surface area (Å²) in [4.78, 5) is 138. The van der Waals surface area contributed by atoms with E-state index in [9.17, 15) is 47.9 Å². The van der Waals surface area contributed by atoms with Crippen molar-refractivity contribution in [1.82, 2.24) is 51.5 Å². The predicted molar refractivity (Wildman–Crippen MR) is 473 cm³/mol. The van der Waals surface area contributed by atoms with Crippen LogP contribution in [-0.2, 0) is 43.2 Å². The summed E-state index contributed by atoms with van der Waals surface area (Å²) in [6.07, 6.45) is 78.4. The Bertz CT molecular complexity index is 2280. The molecule has 22 nitrogen and oxygen atoms in total. The van der Waals surface area contributed by atoms with Gasteiger partial charge in [0, 0.05) is 39.3 Å². The Hall–Kier alpha value is -5.54. The summed E-state index contributed by atoms with van der Waals surface area (Å²) in [6, 6.07) is -0.767. The van der Waals surface area contributed by atoms with Gasteiger partial charge in [-0.15, -0.1) is 0 Å². The van der Waals surface area contributed by atoms with Gasteiger partial charge in [-0.05, 0) is 25.7 Å². The Morgan fingerprint density at radius 2 is 0.383 bits per heavy atom. The van der Waals surface area contributed by atoms with Gasteiger partial charge in [0.05, 0.1) is 39.3 Å². The summed E-state index contributed by atoms with van der Waals surface area (Å²) in [5.41, 5.74) is 0. The van der Waals surface area contributed by atoms with E-state index in [4.69, 9.17) is 10.2 Å². The molecular formula is C93H178N10O12. The molecule has 0 aromatic heterocycles. The average Bonchev–Trinajstić information content (AvgIpc) is 0.878. The standard InChI is InChI=1S/C93H178N10O12/c1-5-9-13-17-21-25-29-33-37-41-45-49-53-57-61-65-69-101(70-66-62-58-54-50-46-42-38-34-30-26-22-18-14-10-6-2)89(109)82-100(81-88(108)96-77-84(104)94-75-85(105)97-79-91(111)112)73-74-103(93(115)99-78-87(107)95-76-86(106)98-80-92(113)114)83-90(110)102(71-67-63-59-55-51-47-43-39-35-31-27-23-19-15-11-7-3)72-68-64-60-56-52-48-44-40-36-32-28-24-20-16-12-8-4/h5-83H2,1-4H3,(H,94,104)(H,95,107)(H,96,108)(H,97,105)(H,98,106)(H,99,115)(H,111,112)(H,113,114). The Morgan fingerprint density at radius 3 is 0.609 bits per heavy atom. The minimum atomic E-state index is -1.25. The number of rotatable bonds is 89. The first-order chi connectivity index (χ1) is 56.1. The second-order valence-corrected chi connectivity index (χ2v) is 33.4. The van der Waals surface area contributed by atoms with Crippen LogP contribution in [0.1, 0.15) is 439 Å². The molecule has 0 saturated heterocycles. The minimum absolute atomic E-state index is 0.0735. The molecule has 672 valence electrons. The number of nitrogens with one attached hydrogen (secondary N) is 6. The molecule has 0 aliphatic carbocycles. The molecule has 0 aliphatic rings. The van der Waals surface area contributed by atoms with Crippen molar-refractivity contribution in [1.29, 1.82) is 0 Å². The summed E-state index contributed by atoms with van der Waals surface area (Å²) >= 11 is 0. The van der Waals surface area contributed by atoms with Crippen molar-refractivity contribution in [2.75, 3.05) is 98.2 Å². The number of urea groups is 1. The Morgan fingerprint density at radius 1 is 0.191 bits per heavy atom. The molecule has 0 atom stereocenters. The van der Waals surface area contributed by atoms with Crippen LogP contribution in [0.4, 0.5) is 4.79 Å². The lowest BCUT2D eigenvalue weighted by molar-refractivity contribution is -0.138. The van der Waals surface area contributed by atoms with Crippen LogP contribution in [0, 0.1) is 0 Å². The SMILES string of the molecule is CCCCCCCCCCCCCCCCCCN(CCCCCCCCCCCCCCCCCC)C(=O)CN(CCN(CC(=O)N(CCCCCCCCCCCCCCCCCC)CCCCCCCCCCCCCCCCCC)C(=O)NCC(=O)NCC(=O)NCC(=O)O)CC(=O)NCC(=O)NCC(=O)NCC(=O)O. The van der Waals surface area contributed by atoms with Crippen LogP contribution in [0.3, 0.4) is 0 Å². The minimum Gasteiger partial charge on any atom is -0.480 e. The van der Waals surface area contributed by atoms with E-state index in [-0.39, 0.29) is 44.5 Å². The second kappa shape index (κ2) is 84.9. The van der Waals surface area contributed by atoms with Gasteiger partial charge < -0.3 is 56.8 Å². The number of nitrogens with zero attached hydrogens (tertiary/aromatic N) is 4. The first kappa shape index (κ1) is 109. The number of hydrogen-bond donors (Lipinski definition) is 8. The smallest absolute Gasteiger partial charge is 0.322 e. The highest BCUT2D eigenvalue weighted by molar-refractivity contribution is 5.91. The quantitative estimate of drug-likeness (QED) is 0.0263. The van der Waals surface area contributed by atoms with Gasteiger partial charge in [0.15, 0.2) is 0 Å². The van der Waals surface area contributed by atoms with E-state index in [0.717, 1.165) is 103 Å². The van der Waals surface area contributed by atoms with Crippen molar-refractivity contribution in [2.24, 2.45) is 0 Å². The Balaban J connectivity index is 6.85.